The molecular formula is C11H14ClN3O4. The van der Waals surface area contributed by atoms with Gasteiger partial charge in [0.05, 0.1) is 20.3 Å². The number of aromatic amines is 1. The molecule has 0 saturated carbocycles. The predicted molar refractivity (Wildman–Crippen MR) is 68.6 cm³/mol. The lowest BCUT2D eigenvalue weighted by Gasteiger charge is -2.28. The van der Waals surface area contributed by atoms with E-state index in [1.807, 2.05) is 4.90 Å². The SMILES string of the molecule is COC(=O)Cc1nc(N2CCOCC2)c(Cl)c(=O)[nH]1. The fourth-order valence-corrected chi connectivity index (χ4v) is 1.98. The molecule has 0 bridgehead atoms. The summed E-state index contributed by atoms with van der Waals surface area (Å²) in [5, 5.41) is 0.0236. The molecule has 1 fully saturated rings. The van der Waals surface area contributed by atoms with Crippen LogP contribution in [0.15, 0.2) is 4.79 Å². The summed E-state index contributed by atoms with van der Waals surface area (Å²) >= 11 is 5.96. The monoisotopic (exact) mass is 287 g/mol. The summed E-state index contributed by atoms with van der Waals surface area (Å²) in [6, 6.07) is 0. The third-order valence-corrected chi connectivity index (χ3v) is 3.09. The average molecular weight is 288 g/mol. The van der Waals surface area contributed by atoms with Gasteiger partial charge in [-0.25, -0.2) is 4.98 Å². The minimum absolute atomic E-state index is 0.0236. The second-order valence-electron chi connectivity index (χ2n) is 4.00. The van der Waals surface area contributed by atoms with Crippen LogP contribution in [0.4, 0.5) is 5.82 Å². The van der Waals surface area contributed by atoms with Gasteiger partial charge in [0.25, 0.3) is 5.56 Å². The number of morpholine rings is 1. The van der Waals surface area contributed by atoms with Crippen LogP contribution in [0, 0.1) is 0 Å². The maximum atomic E-state index is 11.7. The smallest absolute Gasteiger partial charge is 0.313 e. The van der Waals surface area contributed by atoms with E-state index in [2.05, 4.69) is 14.7 Å². The lowest BCUT2D eigenvalue weighted by Crippen LogP contribution is -2.38. The van der Waals surface area contributed by atoms with Crippen LogP contribution in [0.2, 0.25) is 5.02 Å². The van der Waals surface area contributed by atoms with Gasteiger partial charge in [0.2, 0.25) is 0 Å². The van der Waals surface area contributed by atoms with Crippen molar-refractivity contribution in [2.75, 3.05) is 38.3 Å². The molecule has 1 aromatic rings. The Hall–Kier alpha value is -1.60. The highest BCUT2D eigenvalue weighted by atomic mass is 35.5. The Morgan fingerprint density at radius 2 is 2.21 bits per heavy atom. The van der Waals surface area contributed by atoms with E-state index in [1.54, 1.807) is 0 Å². The normalized spacial score (nSPS) is 15.4. The molecule has 0 aromatic carbocycles. The Kier molecular flexibility index (Phi) is 4.39. The van der Waals surface area contributed by atoms with Crippen molar-refractivity contribution in [2.24, 2.45) is 0 Å². The zero-order valence-electron chi connectivity index (χ0n) is 10.4. The molecule has 0 spiro atoms. The maximum Gasteiger partial charge on any atom is 0.313 e. The fraction of sp³-hybridized carbons (Fsp3) is 0.545. The first-order chi connectivity index (χ1) is 9.11. The molecule has 0 atom stereocenters. The third-order valence-electron chi connectivity index (χ3n) is 2.74. The lowest BCUT2D eigenvalue weighted by atomic mass is 10.3. The number of aromatic nitrogens is 2. The number of nitrogens with zero attached hydrogens (tertiary/aromatic N) is 2. The summed E-state index contributed by atoms with van der Waals surface area (Å²) in [7, 11) is 1.28. The number of hydrogen-bond donors (Lipinski definition) is 1. The van der Waals surface area contributed by atoms with Crippen molar-refractivity contribution >= 4 is 23.4 Å². The molecule has 104 valence electrons. The standard InChI is InChI=1S/C11H14ClN3O4/c1-18-8(16)6-7-13-10(9(12)11(17)14-7)15-2-4-19-5-3-15/h2-6H2,1H3,(H,13,14,17). The highest BCUT2D eigenvalue weighted by molar-refractivity contribution is 6.32. The molecule has 0 radical (unpaired) electrons. The van der Waals surface area contributed by atoms with E-state index in [1.165, 1.54) is 7.11 Å². The highest BCUT2D eigenvalue weighted by Gasteiger charge is 2.19. The number of hydrogen-bond acceptors (Lipinski definition) is 6. The largest absolute Gasteiger partial charge is 0.469 e. The van der Waals surface area contributed by atoms with Gasteiger partial charge in [0.15, 0.2) is 5.82 Å². The Morgan fingerprint density at radius 1 is 1.53 bits per heavy atom. The first kappa shape index (κ1) is 13.8. The quantitative estimate of drug-likeness (QED) is 0.786. The minimum Gasteiger partial charge on any atom is -0.469 e. The number of halogens is 1. The predicted octanol–water partition coefficient (Wildman–Crippen LogP) is -0.0246. The van der Waals surface area contributed by atoms with Crippen LogP contribution in [0.25, 0.3) is 0 Å². The molecular weight excluding hydrogens is 274 g/mol. The Balaban J connectivity index is 2.30. The van der Waals surface area contributed by atoms with Crippen LogP contribution in [0.1, 0.15) is 5.82 Å². The molecule has 1 N–H and O–H groups in total. The van der Waals surface area contributed by atoms with Crippen molar-refractivity contribution in [2.45, 2.75) is 6.42 Å². The van der Waals surface area contributed by atoms with Crippen LogP contribution in [0.3, 0.4) is 0 Å². The van der Waals surface area contributed by atoms with E-state index in [0.717, 1.165) is 0 Å². The first-order valence-corrected chi connectivity index (χ1v) is 6.18. The van der Waals surface area contributed by atoms with E-state index in [0.29, 0.717) is 32.1 Å². The Morgan fingerprint density at radius 3 is 2.84 bits per heavy atom. The molecule has 8 heteroatoms. The molecule has 2 rings (SSSR count). The summed E-state index contributed by atoms with van der Waals surface area (Å²) in [4.78, 5) is 31.5. The number of ether oxygens (including phenoxy) is 2. The summed E-state index contributed by atoms with van der Waals surface area (Å²) < 4.78 is 9.77. The molecule has 7 nitrogen and oxygen atoms in total. The summed E-state index contributed by atoms with van der Waals surface area (Å²) in [5.41, 5.74) is -0.461. The Labute approximate surface area is 114 Å². The zero-order chi connectivity index (χ0) is 13.8. The number of anilines is 1. The Bertz CT molecular complexity index is 525. The van der Waals surface area contributed by atoms with Crippen LogP contribution in [-0.4, -0.2) is 49.4 Å². The zero-order valence-corrected chi connectivity index (χ0v) is 11.2. The number of rotatable bonds is 3. The van der Waals surface area contributed by atoms with Gasteiger partial charge in [-0.05, 0) is 0 Å². The molecule has 0 aliphatic carbocycles. The molecule has 19 heavy (non-hydrogen) atoms. The van der Waals surface area contributed by atoms with Crippen molar-refractivity contribution < 1.29 is 14.3 Å². The first-order valence-electron chi connectivity index (χ1n) is 5.80. The number of methoxy groups -OCH3 is 1. The molecule has 1 aromatic heterocycles. The van der Waals surface area contributed by atoms with Gasteiger partial charge in [0, 0.05) is 13.1 Å². The molecule has 1 aliphatic rings. The van der Waals surface area contributed by atoms with E-state index >= 15 is 0 Å². The van der Waals surface area contributed by atoms with Gasteiger partial charge in [-0.15, -0.1) is 0 Å². The van der Waals surface area contributed by atoms with Crippen molar-refractivity contribution in [3.63, 3.8) is 0 Å². The molecule has 2 heterocycles. The highest BCUT2D eigenvalue weighted by Crippen LogP contribution is 2.20. The van der Waals surface area contributed by atoms with E-state index in [-0.39, 0.29) is 17.3 Å². The van der Waals surface area contributed by atoms with Gasteiger partial charge < -0.3 is 19.4 Å². The van der Waals surface area contributed by atoms with Gasteiger partial charge in [0.1, 0.15) is 17.3 Å². The number of nitrogens with one attached hydrogen (secondary N) is 1. The topological polar surface area (TPSA) is 84.5 Å². The second kappa shape index (κ2) is 6.03. The molecule has 1 saturated heterocycles. The van der Waals surface area contributed by atoms with Gasteiger partial charge >= 0.3 is 5.97 Å². The molecule has 0 amide bonds. The molecule has 1 aliphatic heterocycles. The van der Waals surface area contributed by atoms with Gasteiger partial charge in [-0.1, -0.05) is 11.6 Å². The summed E-state index contributed by atoms with van der Waals surface area (Å²) in [6.45, 7) is 2.32. The van der Waals surface area contributed by atoms with Crippen molar-refractivity contribution in [3.05, 3.63) is 21.2 Å². The van der Waals surface area contributed by atoms with E-state index < -0.39 is 11.5 Å². The van der Waals surface area contributed by atoms with Crippen molar-refractivity contribution in [3.8, 4) is 0 Å². The van der Waals surface area contributed by atoms with E-state index in [4.69, 9.17) is 16.3 Å². The number of esters is 1. The summed E-state index contributed by atoms with van der Waals surface area (Å²) in [6.07, 6.45) is -0.0970. The average Bonchev–Trinajstić information content (AvgIpc) is 2.43. The van der Waals surface area contributed by atoms with Crippen molar-refractivity contribution in [1.82, 2.24) is 9.97 Å². The number of carbonyl (C=O) groups excluding carboxylic acids is 1. The van der Waals surface area contributed by atoms with Crippen LogP contribution in [0.5, 0.6) is 0 Å². The fourth-order valence-electron chi connectivity index (χ4n) is 1.77. The van der Waals surface area contributed by atoms with Gasteiger partial charge in [-0.3, -0.25) is 9.59 Å². The molecule has 0 unspecified atom stereocenters. The number of H-pyrrole nitrogens is 1. The van der Waals surface area contributed by atoms with E-state index in [9.17, 15) is 9.59 Å². The maximum absolute atomic E-state index is 11.7. The lowest BCUT2D eigenvalue weighted by molar-refractivity contribution is -0.139. The third kappa shape index (κ3) is 3.24. The van der Waals surface area contributed by atoms with Crippen LogP contribution >= 0.6 is 11.6 Å². The summed E-state index contributed by atoms with van der Waals surface area (Å²) in [5.74, 6) is 0.147. The van der Waals surface area contributed by atoms with Crippen LogP contribution in [-0.2, 0) is 20.7 Å². The second-order valence-corrected chi connectivity index (χ2v) is 4.38. The minimum atomic E-state index is -0.474. The van der Waals surface area contributed by atoms with Crippen molar-refractivity contribution in [1.29, 1.82) is 0 Å². The van der Waals surface area contributed by atoms with Crippen LogP contribution < -0.4 is 10.5 Å². The number of carbonyl (C=O) groups is 1. The van der Waals surface area contributed by atoms with Gasteiger partial charge in [-0.2, -0.15) is 0 Å².